The molecule has 3 heterocycles. The minimum absolute atomic E-state index is 0.0812. The summed E-state index contributed by atoms with van der Waals surface area (Å²) in [5.74, 6) is -0.245. The molecule has 0 bridgehead atoms. The Morgan fingerprint density at radius 3 is 2.52 bits per heavy atom. The molecule has 0 radical (unpaired) electrons. The lowest BCUT2D eigenvalue weighted by molar-refractivity contribution is 0.209. The molecule has 3 aromatic rings. The number of likely N-dealkylation sites (N-methyl/N-ethyl adjacent to an activating group) is 1. The third-order valence-electron chi connectivity index (χ3n) is 6.88. The van der Waals surface area contributed by atoms with Crippen LogP contribution in [0.5, 0.6) is 11.5 Å². The number of ether oxygens (including phenoxy) is 1. The molecule has 40 heavy (non-hydrogen) atoms. The second-order valence-corrected chi connectivity index (χ2v) is 9.76. The number of likely N-dealkylation sites (tertiary alicyclic amines) is 1. The minimum atomic E-state index is -0.717. The van der Waals surface area contributed by atoms with Crippen LogP contribution >= 0.6 is 0 Å². The van der Waals surface area contributed by atoms with E-state index in [1.54, 1.807) is 23.1 Å². The van der Waals surface area contributed by atoms with Gasteiger partial charge >= 0.3 is 18.1 Å². The van der Waals surface area contributed by atoms with Crippen LogP contribution in [0.3, 0.4) is 0 Å². The van der Waals surface area contributed by atoms with E-state index in [1.807, 2.05) is 32.3 Å². The summed E-state index contributed by atoms with van der Waals surface area (Å²) in [6.45, 7) is 1.84. The second-order valence-electron chi connectivity index (χ2n) is 9.76. The van der Waals surface area contributed by atoms with Crippen LogP contribution in [0, 0.1) is 5.82 Å². The first-order chi connectivity index (χ1) is 19.3. The van der Waals surface area contributed by atoms with Gasteiger partial charge in [0.1, 0.15) is 11.6 Å². The monoisotopic (exact) mass is 547 g/mol. The summed E-state index contributed by atoms with van der Waals surface area (Å²) < 4.78 is 20.6. The molecule has 2 N–H and O–H groups in total. The SMILES string of the molecule is CN(C)[C@H]1CCN(C(=O)Nc2cc(Oc3ccc(NC(=O)N4CCN(c5ccccc5)C4=O)cc3F)ccn2)C1. The topological polar surface area (TPSA) is 110 Å². The maximum Gasteiger partial charge on any atom is 0.332 e. The number of amides is 6. The highest BCUT2D eigenvalue weighted by atomic mass is 19.1. The minimum Gasteiger partial charge on any atom is -0.454 e. The van der Waals surface area contributed by atoms with Crippen LogP contribution in [0.1, 0.15) is 6.42 Å². The van der Waals surface area contributed by atoms with Gasteiger partial charge in [0.25, 0.3) is 0 Å². The molecule has 0 spiro atoms. The summed E-state index contributed by atoms with van der Waals surface area (Å²) in [5.41, 5.74) is 0.869. The van der Waals surface area contributed by atoms with Gasteiger partial charge in [-0.25, -0.2) is 28.7 Å². The van der Waals surface area contributed by atoms with Crippen LogP contribution in [-0.4, -0.2) is 84.1 Å². The predicted octanol–water partition coefficient (Wildman–Crippen LogP) is 4.65. The van der Waals surface area contributed by atoms with Crippen molar-refractivity contribution in [3.05, 3.63) is 72.7 Å². The molecule has 6 amide bonds. The third-order valence-corrected chi connectivity index (χ3v) is 6.88. The zero-order valence-corrected chi connectivity index (χ0v) is 22.2. The molecule has 2 fully saturated rings. The highest BCUT2D eigenvalue weighted by Crippen LogP contribution is 2.28. The van der Waals surface area contributed by atoms with E-state index in [-0.39, 0.29) is 35.6 Å². The van der Waals surface area contributed by atoms with Crippen LogP contribution in [0.4, 0.5) is 36.0 Å². The molecule has 0 aliphatic carbocycles. The van der Waals surface area contributed by atoms with E-state index in [0.29, 0.717) is 31.4 Å². The van der Waals surface area contributed by atoms with Crippen LogP contribution in [-0.2, 0) is 0 Å². The quantitative estimate of drug-likeness (QED) is 0.465. The number of halogens is 1. The molecule has 0 unspecified atom stereocenters. The van der Waals surface area contributed by atoms with Crippen molar-refractivity contribution in [2.45, 2.75) is 12.5 Å². The maximum atomic E-state index is 14.9. The van der Waals surface area contributed by atoms with Crippen LogP contribution in [0.2, 0.25) is 0 Å². The van der Waals surface area contributed by atoms with Gasteiger partial charge in [-0.3, -0.25) is 10.2 Å². The van der Waals surface area contributed by atoms with E-state index >= 15 is 0 Å². The number of rotatable bonds is 6. The molecule has 12 heteroatoms. The molecular weight excluding hydrogens is 517 g/mol. The number of aromatic nitrogens is 1. The van der Waals surface area contributed by atoms with Crippen molar-refractivity contribution in [2.75, 3.05) is 55.8 Å². The molecule has 208 valence electrons. The van der Waals surface area contributed by atoms with Crippen molar-refractivity contribution in [3.63, 3.8) is 0 Å². The van der Waals surface area contributed by atoms with Gasteiger partial charge in [0.05, 0.1) is 6.54 Å². The number of nitrogens with one attached hydrogen (secondary N) is 2. The fraction of sp³-hybridized carbons (Fsp3) is 0.286. The Morgan fingerprint density at radius 2 is 1.80 bits per heavy atom. The van der Waals surface area contributed by atoms with Gasteiger partial charge in [0, 0.05) is 55.4 Å². The Morgan fingerprint density at radius 1 is 1.00 bits per heavy atom. The Kier molecular flexibility index (Phi) is 7.78. The molecule has 0 saturated carbocycles. The van der Waals surface area contributed by atoms with Crippen LogP contribution < -0.4 is 20.3 Å². The van der Waals surface area contributed by atoms with Crippen molar-refractivity contribution in [3.8, 4) is 11.5 Å². The molecule has 1 aromatic heterocycles. The Labute approximate surface area is 231 Å². The van der Waals surface area contributed by atoms with Crippen LogP contribution in [0.25, 0.3) is 0 Å². The summed E-state index contributed by atoms with van der Waals surface area (Å²) >= 11 is 0. The number of para-hydroxylation sites is 1. The maximum absolute atomic E-state index is 14.9. The van der Waals surface area contributed by atoms with Gasteiger partial charge in [0.15, 0.2) is 11.6 Å². The first kappa shape index (κ1) is 26.9. The fourth-order valence-corrected chi connectivity index (χ4v) is 4.63. The van der Waals surface area contributed by atoms with E-state index in [4.69, 9.17) is 4.74 Å². The molecule has 2 aliphatic rings. The van der Waals surface area contributed by atoms with Crippen molar-refractivity contribution in [2.24, 2.45) is 0 Å². The van der Waals surface area contributed by atoms with E-state index in [0.717, 1.165) is 17.4 Å². The lowest BCUT2D eigenvalue weighted by atomic mass is 10.2. The molecule has 2 aromatic carbocycles. The largest absolute Gasteiger partial charge is 0.454 e. The van der Waals surface area contributed by atoms with Gasteiger partial charge < -0.3 is 19.9 Å². The summed E-state index contributed by atoms with van der Waals surface area (Å²) in [6.07, 6.45) is 2.35. The fourth-order valence-electron chi connectivity index (χ4n) is 4.63. The second kappa shape index (κ2) is 11.6. The Balaban J connectivity index is 1.18. The van der Waals surface area contributed by atoms with Gasteiger partial charge in [-0.15, -0.1) is 0 Å². The van der Waals surface area contributed by atoms with Crippen LogP contribution in [0.15, 0.2) is 66.9 Å². The standard InChI is InChI=1S/C28H30FN7O4/c1-33(2)21-11-13-34(18-21)26(37)32-25-17-22(10-12-30-25)40-24-9-8-19(16-23(24)29)31-27(38)36-15-14-35(28(36)39)20-6-4-3-5-7-20/h3-10,12,16-17,21H,11,13-15,18H2,1-2H3,(H,31,38)(H,30,32,37)/t21-/m0/s1. The first-order valence-corrected chi connectivity index (χ1v) is 12.9. The van der Waals surface area contributed by atoms with Gasteiger partial charge in [-0.05, 0) is 50.8 Å². The van der Waals surface area contributed by atoms with Crippen molar-refractivity contribution >= 4 is 35.3 Å². The van der Waals surface area contributed by atoms with Gasteiger partial charge in [0.2, 0.25) is 0 Å². The number of carbonyl (C=O) groups is 3. The number of benzene rings is 2. The molecule has 2 aliphatic heterocycles. The molecular formula is C28H30FN7O4. The number of anilines is 3. The van der Waals surface area contributed by atoms with Crippen molar-refractivity contribution in [1.82, 2.24) is 19.7 Å². The number of hydrogen-bond acceptors (Lipinski definition) is 6. The normalized spacial score (nSPS) is 16.9. The summed E-state index contributed by atoms with van der Waals surface area (Å²) in [6, 6.07) is 15.0. The van der Waals surface area contributed by atoms with Crippen molar-refractivity contribution < 1.29 is 23.5 Å². The number of urea groups is 3. The summed E-state index contributed by atoms with van der Waals surface area (Å²) in [7, 11) is 3.98. The predicted molar refractivity (Wildman–Crippen MR) is 148 cm³/mol. The zero-order chi connectivity index (χ0) is 28.2. The van der Waals surface area contributed by atoms with E-state index in [9.17, 15) is 18.8 Å². The van der Waals surface area contributed by atoms with Crippen molar-refractivity contribution in [1.29, 1.82) is 0 Å². The Bertz CT molecular complexity index is 1400. The van der Waals surface area contributed by atoms with Gasteiger partial charge in [-0.2, -0.15) is 0 Å². The average Bonchev–Trinajstić information content (AvgIpc) is 3.59. The summed E-state index contributed by atoms with van der Waals surface area (Å²) in [5, 5.41) is 5.32. The number of pyridine rings is 1. The van der Waals surface area contributed by atoms with Gasteiger partial charge in [-0.1, -0.05) is 18.2 Å². The average molecular weight is 548 g/mol. The van der Waals surface area contributed by atoms with E-state index < -0.39 is 17.9 Å². The number of imide groups is 1. The Hall–Kier alpha value is -4.71. The summed E-state index contributed by atoms with van der Waals surface area (Å²) in [4.78, 5) is 48.7. The zero-order valence-electron chi connectivity index (χ0n) is 22.2. The number of carbonyl (C=O) groups excluding carboxylic acids is 3. The molecule has 1 atom stereocenters. The molecule has 11 nitrogen and oxygen atoms in total. The lowest BCUT2D eigenvalue weighted by Crippen LogP contribution is -2.39. The highest BCUT2D eigenvalue weighted by molar-refractivity contribution is 6.08. The molecule has 5 rings (SSSR count). The molecule has 2 saturated heterocycles. The third kappa shape index (κ3) is 5.96. The first-order valence-electron chi connectivity index (χ1n) is 12.9. The lowest BCUT2D eigenvalue weighted by Gasteiger charge is -2.20. The number of hydrogen-bond donors (Lipinski definition) is 2. The highest BCUT2D eigenvalue weighted by Gasteiger charge is 2.34. The van der Waals surface area contributed by atoms with E-state index in [1.165, 1.54) is 29.3 Å². The van der Waals surface area contributed by atoms with E-state index in [2.05, 4.69) is 20.5 Å². The smallest absolute Gasteiger partial charge is 0.332 e. The number of nitrogens with zero attached hydrogens (tertiary/aromatic N) is 5.